The second-order valence-corrected chi connectivity index (χ2v) is 10.4. The van der Waals surface area contributed by atoms with Crippen molar-refractivity contribution in [3.8, 4) is 0 Å². The number of anilines is 1. The lowest BCUT2D eigenvalue weighted by Gasteiger charge is -2.47. The number of rotatable bonds is 5. The van der Waals surface area contributed by atoms with Crippen molar-refractivity contribution >= 4 is 11.7 Å². The van der Waals surface area contributed by atoms with Gasteiger partial charge in [0.1, 0.15) is 17.7 Å². The number of carbonyl (C=O) groups is 1. The lowest BCUT2D eigenvalue weighted by molar-refractivity contribution is -0.0134. The van der Waals surface area contributed by atoms with Crippen molar-refractivity contribution in [3.63, 3.8) is 0 Å². The normalized spacial score (nSPS) is 30.1. The molecule has 4 unspecified atom stereocenters. The quantitative estimate of drug-likeness (QED) is 0.693. The minimum Gasteiger partial charge on any atom is -0.387 e. The van der Waals surface area contributed by atoms with Gasteiger partial charge in [0, 0.05) is 63.1 Å². The van der Waals surface area contributed by atoms with Crippen LogP contribution >= 0.6 is 0 Å². The summed E-state index contributed by atoms with van der Waals surface area (Å²) in [5, 5.41) is 6.01. The van der Waals surface area contributed by atoms with E-state index < -0.39 is 6.17 Å². The molecule has 1 amide bonds. The van der Waals surface area contributed by atoms with E-state index in [4.69, 9.17) is 4.98 Å². The summed E-state index contributed by atoms with van der Waals surface area (Å²) < 4.78 is 15.3. The molecule has 0 aromatic carbocycles. The molecule has 0 aliphatic carbocycles. The number of amides is 1. The van der Waals surface area contributed by atoms with Crippen molar-refractivity contribution in [1.82, 2.24) is 25.4 Å². The van der Waals surface area contributed by atoms with E-state index in [-0.39, 0.29) is 11.9 Å². The SMILES string of the molecule is CC(C)N1CCC(N2CC3CCC2CN(c2cccc(C(=O)NC4=CCNC=C4)n2)C3)C(F)C1. The van der Waals surface area contributed by atoms with Crippen LogP contribution in [-0.4, -0.2) is 84.3 Å². The summed E-state index contributed by atoms with van der Waals surface area (Å²) in [5.74, 6) is 1.14. The van der Waals surface area contributed by atoms with Crippen LogP contribution in [0.3, 0.4) is 0 Å². The van der Waals surface area contributed by atoms with Crippen molar-refractivity contribution in [2.75, 3.05) is 44.2 Å². The molecule has 4 atom stereocenters. The smallest absolute Gasteiger partial charge is 0.274 e. The first-order valence-corrected chi connectivity index (χ1v) is 12.7. The number of hydrogen-bond donors (Lipinski definition) is 2. The van der Waals surface area contributed by atoms with Crippen LogP contribution in [-0.2, 0) is 0 Å². The number of aromatic nitrogens is 1. The fourth-order valence-electron chi connectivity index (χ4n) is 5.94. The third-order valence-corrected chi connectivity index (χ3v) is 7.82. The monoisotopic (exact) mass is 468 g/mol. The third-order valence-electron chi connectivity index (χ3n) is 7.82. The Bertz CT molecular complexity index is 949. The molecule has 8 heteroatoms. The molecule has 2 bridgehead atoms. The van der Waals surface area contributed by atoms with Gasteiger partial charge in [-0.15, -0.1) is 0 Å². The average molecular weight is 469 g/mol. The van der Waals surface area contributed by atoms with Gasteiger partial charge in [0.25, 0.3) is 5.91 Å². The van der Waals surface area contributed by atoms with Gasteiger partial charge < -0.3 is 15.5 Å². The molecular formula is C26H37FN6O. The van der Waals surface area contributed by atoms with Crippen LogP contribution in [0.5, 0.6) is 0 Å². The van der Waals surface area contributed by atoms with E-state index in [0.29, 0.717) is 36.8 Å². The fourth-order valence-corrected chi connectivity index (χ4v) is 5.94. The lowest BCUT2D eigenvalue weighted by atomic mass is 9.90. The van der Waals surface area contributed by atoms with Crippen LogP contribution in [0.4, 0.5) is 10.2 Å². The maximum Gasteiger partial charge on any atom is 0.274 e. The number of halogens is 1. The minimum atomic E-state index is -0.799. The molecule has 184 valence electrons. The molecule has 4 fully saturated rings. The molecule has 7 nitrogen and oxygen atoms in total. The van der Waals surface area contributed by atoms with Gasteiger partial charge >= 0.3 is 0 Å². The van der Waals surface area contributed by atoms with Gasteiger partial charge in [-0.25, -0.2) is 9.37 Å². The van der Waals surface area contributed by atoms with Crippen LogP contribution < -0.4 is 15.5 Å². The van der Waals surface area contributed by atoms with Crippen LogP contribution in [0.1, 0.15) is 43.6 Å². The number of pyridine rings is 1. The Morgan fingerprint density at radius 3 is 2.82 bits per heavy atom. The molecule has 6 heterocycles. The van der Waals surface area contributed by atoms with Crippen molar-refractivity contribution in [1.29, 1.82) is 0 Å². The van der Waals surface area contributed by atoms with Crippen molar-refractivity contribution < 1.29 is 9.18 Å². The summed E-state index contributed by atoms with van der Waals surface area (Å²) in [6.45, 7) is 9.23. The van der Waals surface area contributed by atoms with Gasteiger partial charge in [0.2, 0.25) is 0 Å². The maximum atomic E-state index is 15.3. The van der Waals surface area contributed by atoms with Crippen molar-refractivity contribution in [2.45, 2.75) is 57.4 Å². The van der Waals surface area contributed by atoms with Crippen LogP contribution in [0, 0.1) is 5.92 Å². The van der Waals surface area contributed by atoms with E-state index >= 15 is 4.39 Å². The standard InChI is InChI=1S/C26H37FN6O/c1-18(2)31-13-10-24(22(27)17-31)33-15-19-6-7-21(33)16-32(14-19)25-5-3-4-23(30-25)26(34)29-20-8-11-28-12-9-20/h3-5,8-9,11,18-19,21-22,24,28H,6-7,10,12-17H2,1-2H3,(H,29,34). The largest absolute Gasteiger partial charge is 0.387 e. The first-order chi connectivity index (χ1) is 16.5. The number of hydrogen-bond acceptors (Lipinski definition) is 6. The van der Waals surface area contributed by atoms with E-state index in [2.05, 4.69) is 39.2 Å². The second kappa shape index (κ2) is 10.0. The zero-order valence-corrected chi connectivity index (χ0v) is 20.3. The van der Waals surface area contributed by atoms with E-state index in [0.717, 1.165) is 50.5 Å². The summed E-state index contributed by atoms with van der Waals surface area (Å²) in [4.78, 5) is 24.6. The van der Waals surface area contributed by atoms with E-state index in [9.17, 15) is 4.79 Å². The second-order valence-electron chi connectivity index (χ2n) is 10.4. The number of carbonyl (C=O) groups excluding carboxylic acids is 1. The summed E-state index contributed by atoms with van der Waals surface area (Å²) in [7, 11) is 0. The number of likely N-dealkylation sites (tertiary alicyclic amines) is 1. The van der Waals surface area contributed by atoms with Gasteiger partial charge in [-0.3, -0.25) is 14.6 Å². The van der Waals surface area contributed by atoms with Gasteiger partial charge in [0.05, 0.1) is 0 Å². The number of allylic oxidation sites excluding steroid dienone is 1. The predicted octanol–water partition coefficient (Wildman–Crippen LogP) is 2.53. The molecule has 0 radical (unpaired) electrons. The summed E-state index contributed by atoms with van der Waals surface area (Å²) in [5.41, 5.74) is 1.20. The van der Waals surface area contributed by atoms with Crippen LogP contribution in [0.25, 0.3) is 0 Å². The number of nitrogens with one attached hydrogen (secondary N) is 2. The number of fused-ring (bicyclic) bond motifs is 4. The average Bonchev–Trinajstić information content (AvgIpc) is 3.17. The molecule has 6 rings (SSSR count). The third kappa shape index (κ3) is 4.98. The summed E-state index contributed by atoms with van der Waals surface area (Å²) >= 11 is 0. The molecule has 4 saturated heterocycles. The number of nitrogens with zero attached hydrogens (tertiary/aromatic N) is 4. The Hall–Kier alpha value is -2.45. The van der Waals surface area contributed by atoms with Gasteiger partial charge in [-0.05, 0) is 69.5 Å². The Balaban J connectivity index is 1.28. The highest BCUT2D eigenvalue weighted by Gasteiger charge is 2.43. The molecule has 0 saturated carbocycles. The zero-order chi connectivity index (χ0) is 23.7. The molecule has 5 aliphatic rings. The Morgan fingerprint density at radius 1 is 1.18 bits per heavy atom. The first kappa shape index (κ1) is 23.3. The molecule has 1 aromatic heterocycles. The minimum absolute atomic E-state index is 0.0131. The molecule has 1 aromatic rings. The number of piperidine rings is 2. The lowest BCUT2D eigenvalue weighted by Crippen LogP contribution is -2.59. The summed E-state index contributed by atoms with van der Waals surface area (Å²) in [6.07, 6.45) is 7.99. The zero-order valence-electron chi connectivity index (χ0n) is 20.3. The van der Waals surface area contributed by atoms with Crippen LogP contribution in [0.2, 0.25) is 0 Å². The Labute approximate surface area is 202 Å². The topological polar surface area (TPSA) is 63.7 Å². The molecule has 2 N–H and O–H groups in total. The Kier molecular flexibility index (Phi) is 6.88. The number of dihydropyridines is 1. The van der Waals surface area contributed by atoms with Crippen LogP contribution in [0.15, 0.2) is 42.2 Å². The summed E-state index contributed by atoms with van der Waals surface area (Å²) in [6, 6.07) is 6.41. The highest BCUT2D eigenvalue weighted by molar-refractivity contribution is 5.94. The van der Waals surface area contributed by atoms with E-state index in [1.807, 2.05) is 30.5 Å². The fraction of sp³-hybridized carbons (Fsp3) is 0.615. The van der Waals surface area contributed by atoms with Crippen molar-refractivity contribution in [3.05, 3.63) is 47.9 Å². The number of alkyl halides is 1. The molecule has 5 aliphatic heterocycles. The van der Waals surface area contributed by atoms with Gasteiger partial charge in [-0.2, -0.15) is 0 Å². The molecule has 0 spiro atoms. The van der Waals surface area contributed by atoms with Crippen molar-refractivity contribution in [2.24, 2.45) is 5.92 Å². The highest BCUT2D eigenvalue weighted by atomic mass is 19.1. The van der Waals surface area contributed by atoms with E-state index in [1.165, 1.54) is 6.42 Å². The molecule has 34 heavy (non-hydrogen) atoms. The van der Waals surface area contributed by atoms with Gasteiger partial charge in [-0.1, -0.05) is 6.07 Å². The maximum absolute atomic E-state index is 15.3. The Morgan fingerprint density at radius 2 is 2.06 bits per heavy atom. The highest BCUT2D eigenvalue weighted by Crippen LogP contribution is 2.34. The predicted molar refractivity (Wildman–Crippen MR) is 132 cm³/mol. The van der Waals surface area contributed by atoms with Gasteiger partial charge in [0.15, 0.2) is 0 Å². The molecular weight excluding hydrogens is 431 g/mol. The van der Waals surface area contributed by atoms with E-state index in [1.54, 1.807) is 6.07 Å². The first-order valence-electron chi connectivity index (χ1n) is 12.7.